The molecule has 0 aliphatic heterocycles. The van der Waals surface area contributed by atoms with Crippen molar-refractivity contribution >= 4 is 0 Å². The number of allylic oxidation sites excluding steroid dienone is 4. The average molecular weight is 357 g/mol. The van der Waals surface area contributed by atoms with Crippen molar-refractivity contribution in [2.75, 3.05) is 0 Å². The molecule has 2 rings (SSSR count). The summed E-state index contributed by atoms with van der Waals surface area (Å²) in [5.41, 5.74) is 5.02. The standard InChI is InChI=1S/C25H40O/c1-20(11-7-13-23-16-18-26-19-23)9-6-10-21(2)14-15-24-22(3)12-8-17-25(24,4)5/h10,12,16,18-20,24H,6-9,11,13-15,17H2,1-5H3. The molecule has 1 aromatic rings. The highest BCUT2D eigenvalue weighted by atomic mass is 16.3. The van der Waals surface area contributed by atoms with Crippen molar-refractivity contribution in [3.8, 4) is 0 Å². The predicted octanol–water partition coefficient (Wildman–Crippen LogP) is 8.13. The van der Waals surface area contributed by atoms with Crippen LogP contribution in [0.4, 0.5) is 0 Å². The van der Waals surface area contributed by atoms with Gasteiger partial charge in [-0.25, -0.2) is 0 Å². The Hall–Kier alpha value is -1.24. The monoisotopic (exact) mass is 356 g/mol. The molecule has 0 amide bonds. The number of furan rings is 1. The van der Waals surface area contributed by atoms with Crippen LogP contribution in [0.3, 0.4) is 0 Å². The Balaban J connectivity index is 1.64. The van der Waals surface area contributed by atoms with E-state index in [0.29, 0.717) is 5.41 Å². The third kappa shape index (κ3) is 6.82. The van der Waals surface area contributed by atoms with E-state index in [9.17, 15) is 0 Å². The maximum Gasteiger partial charge on any atom is 0.0934 e. The molecule has 0 saturated heterocycles. The van der Waals surface area contributed by atoms with Crippen LogP contribution in [0, 0.1) is 17.3 Å². The van der Waals surface area contributed by atoms with Crippen molar-refractivity contribution in [1.29, 1.82) is 0 Å². The van der Waals surface area contributed by atoms with E-state index in [4.69, 9.17) is 4.42 Å². The van der Waals surface area contributed by atoms with Crippen LogP contribution in [0.25, 0.3) is 0 Å². The number of aryl methyl sites for hydroxylation is 1. The molecule has 1 nitrogen and oxygen atoms in total. The van der Waals surface area contributed by atoms with Crippen molar-refractivity contribution < 1.29 is 4.42 Å². The third-order valence-corrected chi connectivity index (χ3v) is 6.47. The summed E-state index contributed by atoms with van der Waals surface area (Å²) in [5, 5.41) is 0. The molecule has 0 spiro atoms. The van der Waals surface area contributed by atoms with Crippen LogP contribution in [0.2, 0.25) is 0 Å². The largest absolute Gasteiger partial charge is 0.472 e. The summed E-state index contributed by atoms with van der Waals surface area (Å²) in [4.78, 5) is 0. The van der Waals surface area contributed by atoms with Gasteiger partial charge >= 0.3 is 0 Å². The minimum absolute atomic E-state index is 0.475. The summed E-state index contributed by atoms with van der Waals surface area (Å²) in [6, 6.07) is 2.08. The van der Waals surface area contributed by atoms with Gasteiger partial charge in [-0.05, 0) is 94.1 Å². The van der Waals surface area contributed by atoms with Crippen LogP contribution < -0.4 is 0 Å². The first-order valence-electron chi connectivity index (χ1n) is 10.7. The second-order valence-electron chi connectivity index (χ2n) is 9.32. The molecule has 0 radical (unpaired) electrons. The predicted molar refractivity (Wildman–Crippen MR) is 113 cm³/mol. The van der Waals surface area contributed by atoms with Crippen LogP contribution in [-0.2, 0) is 6.42 Å². The lowest BCUT2D eigenvalue weighted by Crippen LogP contribution is -2.27. The zero-order valence-corrected chi connectivity index (χ0v) is 17.8. The van der Waals surface area contributed by atoms with Crippen molar-refractivity contribution in [3.05, 3.63) is 47.5 Å². The Morgan fingerprint density at radius 2 is 2.15 bits per heavy atom. The Morgan fingerprint density at radius 1 is 1.35 bits per heavy atom. The van der Waals surface area contributed by atoms with Gasteiger partial charge in [0.15, 0.2) is 0 Å². The molecule has 1 aromatic heterocycles. The van der Waals surface area contributed by atoms with Crippen LogP contribution >= 0.6 is 0 Å². The summed E-state index contributed by atoms with van der Waals surface area (Å²) in [5.74, 6) is 1.58. The van der Waals surface area contributed by atoms with Crippen LogP contribution in [-0.4, -0.2) is 0 Å². The van der Waals surface area contributed by atoms with E-state index < -0.39 is 0 Å². The molecule has 1 aliphatic carbocycles. The molecular formula is C25H40O. The van der Waals surface area contributed by atoms with E-state index in [0.717, 1.165) is 18.3 Å². The van der Waals surface area contributed by atoms with Gasteiger partial charge in [0.1, 0.15) is 0 Å². The minimum Gasteiger partial charge on any atom is -0.472 e. The fourth-order valence-corrected chi connectivity index (χ4v) is 4.55. The first-order chi connectivity index (χ1) is 12.4. The number of rotatable bonds is 10. The van der Waals surface area contributed by atoms with Gasteiger partial charge in [-0.15, -0.1) is 0 Å². The SMILES string of the molecule is CC(=CCCC(C)CCCc1ccoc1)CCC1C(C)=CCCC1(C)C. The van der Waals surface area contributed by atoms with Crippen molar-refractivity contribution in [2.45, 2.75) is 92.4 Å². The molecule has 2 atom stereocenters. The van der Waals surface area contributed by atoms with Gasteiger partial charge in [0.05, 0.1) is 12.5 Å². The topological polar surface area (TPSA) is 13.1 Å². The van der Waals surface area contributed by atoms with E-state index in [2.05, 4.69) is 52.8 Å². The average Bonchev–Trinajstić information content (AvgIpc) is 3.07. The summed E-state index contributed by atoms with van der Waals surface area (Å²) in [6.45, 7) is 12.0. The fraction of sp³-hybridized carbons (Fsp3) is 0.680. The second kappa shape index (κ2) is 10.2. The maximum absolute atomic E-state index is 5.14. The highest BCUT2D eigenvalue weighted by Gasteiger charge is 2.32. The van der Waals surface area contributed by atoms with Gasteiger partial charge in [-0.1, -0.05) is 50.5 Å². The van der Waals surface area contributed by atoms with Gasteiger partial charge in [0.25, 0.3) is 0 Å². The van der Waals surface area contributed by atoms with Crippen LogP contribution in [0.1, 0.15) is 91.5 Å². The van der Waals surface area contributed by atoms with E-state index in [1.807, 2.05) is 6.26 Å². The van der Waals surface area contributed by atoms with Crippen molar-refractivity contribution in [2.24, 2.45) is 17.3 Å². The Labute approximate surface area is 162 Å². The summed E-state index contributed by atoms with van der Waals surface area (Å²) in [6.07, 6.45) is 20.1. The molecule has 2 unspecified atom stereocenters. The quantitative estimate of drug-likeness (QED) is 0.386. The van der Waals surface area contributed by atoms with Crippen LogP contribution in [0.5, 0.6) is 0 Å². The second-order valence-corrected chi connectivity index (χ2v) is 9.32. The molecule has 0 fully saturated rings. The first kappa shape index (κ1) is 21.1. The number of hydrogen-bond donors (Lipinski definition) is 0. The first-order valence-corrected chi connectivity index (χ1v) is 10.7. The van der Waals surface area contributed by atoms with E-state index in [-0.39, 0.29) is 0 Å². The molecule has 0 N–H and O–H groups in total. The Morgan fingerprint density at radius 3 is 2.85 bits per heavy atom. The summed E-state index contributed by atoms with van der Waals surface area (Å²) in [7, 11) is 0. The number of hydrogen-bond acceptors (Lipinski definition) is 1. The summed E-state index contributed by atoms with van der Waals surface area (Å²) < 4.78 is 5.14. The molecule has 26 heavy (non-hydrogen) atoms. The molecular weight excluding hydrogens is 316 g/mol. The maximum atomic E-state index is 5.14. The smallest absolute Gasteiger partial charge is 0.0934 e. The lowest BCUT2D eigenvalue weighted by atomic mass is 9.67. The molecule has 0 saturated carbocycles. The third-order valence-electron chi connectivity index (χ3n) is 6.47. The van der Waals surface area contributed by atoms with Gasteiger partial charge < -0.3 is 4.42 Å². The Kier molecular flexibility index (Phi) is 8.25. The van der Waals surface area contributed by atoms with E-state index >= 15 is 0 Å². The van der Waals surface area contributed by atoms with E-state index in [1.54, 1.807) is 17.4 Å². The zero-order valence-electron chi connectivity index (χ0n) is 17.8. The van der Waals surface area contributed by atoms with Crippen molar-refractivity contribution in [3.63, 3.8) is 0 Å². The van der Waals surface area contributed by atoms with Crippen LogP contribution in [0.15, 0.2) is 46.3 Å². The van der Waals surface area contributed by atoms with Gasteiger partial charge in [-0.2, -0.15) is 0 Å². The zero-order chi connectivity index (χ0) is 19.0. The van der Waals surface area contributed by atoms with E-state index in [1.165, 1.54) is 56.9 Å². The molecule has 1 aliphatic rings. The molecule has 0 bridgehead atoms. The highest BCUT2D eigenvalue weighted by molar-refractivity contribution is 5.13. The summed E-state index contributed by atoms with van der Waals surface area (Å²) >= 11 is 0. The van der Waals surface area contributed by atoms with Gasteiger partial charge in [0.2, 0.25) is 0 Å². The van der Waals surface area contributed by atoms with Gasteiger partial charge in [0, 0.05) is 0 Å². The fourth-order valence-electron chi connectivity index (χ4n) is 4.55. The molecule has 1 heteroatoms. The Bertz CT molecular complexity index is 573. The van der Waals surface area contributed by atoms with Gasteiger partial charge in [-0.3, -0.25) is 0 Å². The highest BCUT2D eigenvalue weighted by Crippen LogP contribution is 2.43. The minimum atomic E-state index is 0.475. The molecule has 1 heterocycles. The molecule has 146 valence electrons. The lowest BCUT2D eigenvalue weighted by molar-refractivity contribution is 0.204. The lowest BCUT2D eigenvalue weighted by Gasteiger charge is -2.38. The van der Waals surface area contributed by atoms with Crippen molar-refractivity contribution in [1.82, 2.24) is 0 Å². The normalized spacial score (nSPS) is 21.5. The molecule has 0 aromatic carbocycles.